The van der Waals surface area contributed by atoms with Gasteiger partial charge in [0.15, 0.2) is 11.5 Å². The van der Waals surface area contributed by atoms with Crippen molar-refractivity contribution in [2.24, 2.45) is 0 Å². The minimum atomic E-state index is 0. The predicted molar refractivity (Wildman–Crippen MR) is 116 cm³/mol. The number of ether oxygens (including phenoxy) is 2. The van der Waals surface area contributed by atoms with Gasteiger partial charge in [-0.15, -0.1) is 12.4 Å². The number of benzene rings is 3. The molecule has 0 aliphatic carbocycles. The largest absolute Gasteiger partial charge is 0.493 e. The van der Waals surface area contributed by atoms with E-state index in [0.29, 0.717) is 13.2 Å². The Kier molecular flexibility index (Phi) is 8.65. The van der Waals surface area contributed by atoms with Crippen LogP contribution in [0.15, 0.2) is 77.3 Å². The van der Waals surface area contributed by atoms with Crippen molar-refractivity contribution in [2.75, 3.05) is 7.11 Å². The summed E-state index contributed by atoms with van der Waals surface area (Å²) in [6.07, 6.45) is 0. The molecule has 3 nitrogen and oxygen atoms in total. The number of halogens is 2. The zero-order chi connectivity index (χ0) is 18.2. The van der Waals surface area contributed by atoms with Crippen LogP contribution in [0.25, 0.3) is 0 Å². The van der Waals surface area contributed by atoms with Gasteiger partial charge in [0.1, 0.15) is 6.61 Å². The second kappa shape index (κ2) is 11.0. The van der Waals surface area contributed by atoms with Gasteiger partial charge in [-0.05, 0) is 23.3 Å². The molecule has 0 unspecified atom stereocenters. The van der Waals surface area contributed by atoms with E-state index in [-0.39, 0.29) is 12.4 Å². The van der Waals surface area contributed by atoms with E-state index < -0.39 is 0 Å². The summed E-state index contributed by atoms with van der Waals surface area (Å²) >= 11 is 3.56. The van der Waals surface area contributed by atoms with Crippen LogP contribution in [0.4, 0.5) is 0 Å². The van der Waals surface area contributed by atoms with Crippen molar-refractivity contribution in [3.05, 3.63) is 94.0 Å². The van der Waals surface area contributed by atoms with Crippen molar-refractivity contribution in [2.45, 2.75) is 19.7 Å². The molecule has 0 saturated heterocycles. The summed E-state index contributed by atoms with van der Waals surface area (Å²) in [5.41, 5.74) is 3.44. The summed E-state index contributed by atoms with van der Waals surface area (Å²) in [5, 5.41) is 3.48. The normalized spacial score (nSPS) is 10.1. The highest BCUT2D eigenvalue weighted by atomic mass is 79.9. The van der Waals surface area contributed by atoms with Crippen LogP contribution in [0.5, 0.6) is 11.5 Å². The van der Waals surface area contributed by atoms with Gasteiger partial charge in [-0.2, -0.15) is 0 Å². The minimum absolute atomic E-state index is 0. The smallest absolute Gasteiger partial charge is 0.166 e. The molecular formula is C22H23BrClNO2. The molecule has 27 heavy (non-hydrogen) atoms. The summed E-state index contributed by atoms with van der Waals surface area (Å²) in [7, 11) is 1.67. The van der Waals surface area contributed by atoms with Crippen LogP contribution < -0.4 is 14.8 Å². The van der Waals surface area contributed by atoms with Gasteiger partial charge in [-0.3, -0.25) is 0 Å². The molecule has 0 radical (unpaired) electrons. The molecule has 1 N–H and O–H groups in total. The van der Waals surface area contributed by atoms with E-state index in [2.05, 4.69) is 51.6 Å². The van der Waals surface area contributed by atoms with E-state index in [1.807, 2.05) is 42.5 Å². The quantitative estimate of drug-likeness (QED) is 0.476. The molecule has 0 fully saturated rings. The monoisotopic (exact) mass is 447 g/mol. The lowest BCUT2D eigenvalue weighted by Gasteiger charge is -2.16. The summed E-state index contributed by atoms with van der Waals surface area (Å²) in [5.74, 6) is 1.51. The van der Waals surface area contributed by atoms with Crippen LogP contribution in [0.2, 0.25) is 0 Å². The maximum absolute atomic E-state index is 6.12. The number of methoxy groups -OCH3 is 1. The van der Waals surface area contributed by atoms with Gasteiger partial charge in [-0.25, -0.2) is 0 Å². The van der Waals surface area contributed by atoms with E-state index in [0.717, 1.165) is 33.6 Å². The zero-order valence-corrected chi connectivity index (χ0v) is 17.6. The Bertz CT molecular complexity index is 828. The fourth-order valence-electron chi connectivity index (χ4n) is 2.74. The topological polar surface area (TPSA) is 30.5 Å². The molecule has 0 bridgehead atoms. The first-order chi connectivity index (χ1) is 12.8. The number of rotatable bonds is 8. The third-order valence-corrected chi connectivity index (χ3v) is 4.49. The highest BCUT2D eigenvalue weighted by molar-refractivity contribution is 9.10. The standard InChI is InChI=1S/C22H22BrNO2.ClH/c1-25-21-13-20(23)12-19(15-24-14-17-8-4-2-5-9-17)22(21)26-16-18-10-6-3-7-11-18;/h2-13,24H,14-16H2,1H3;1H. The summed E-state index contributed by atoms with van der Waals surface area (Å²) in [6.45, 7) is 1.99. The number of nitrogens with one attached hydrogen (secondary N) is 1. The van der Waals surface area contributed by atoms with Crippen molar-refractivity contribution in [1.29, 1.82) is 0 Å². The van der Waals surface area contributed by atoms with Crippen molar-refractivity contribution >= 4 is 28.3 Å². The number of hydrogen-bond acceptors (Lipinski definition) is 3. The fraction of sp³-hybridized carbons (Fsp3) is 0.182. The third-order valence-electron chi connectivity index (χ3n) is 4.03. The van der Waals surface area contributed by atoms with Gasteiger partial charge in [0.25, 0.3) is 0 Å². The average molecular weight is 449 g/mol. The van der Waals surface area contributed by atoms with E-state index in [1.165, 1.54) is 5.56 Å². The van der Waals surface area contributed by atoms with E-state index in [1.54, 1.807) is 7.11 Å². The van der Waals surface area contributed by atoms with Crippen molar-refractivity contribution in [3.63, 3.8) is 0 Å². The maximum Gasteiger partial charge on any atom is 0.166 e. The lowest BCUT2D eigenvalue weighted by Crippen LogP contribution is -2.14. The van der Waals surface area contributed by atoms with Crippen LogP contribution in [0.3, 0.4) is 0 Å². The minimum Gasteiger partial charge on any atom is -0.493 e. The average Bonchev–Trinajstić information content (AvgIpc) is 2.68. The molecule has 0 spiro atoms. The van der Waals surface area contributed by atoms with Gasteiger partial charge in [0.05, 0.1) is 7.11 Å². The predicted octanol–water partition coefficient (Wildman–Crippen LogP) is 5.75. The second-order valence-electron chi connectivity index (χ2n) is 5.96. The SMILES string of the molecule is COc1cc(Br)cc(CNCc2ccccc2)c1OCc1ccccc1.Cl. The second-order valence-corrected chi connectivity index (χ2v) is 6.88. The molecule has 0 amide bonds. The molecule has 3 aromatic carbocycles. The zero-order valence-electron chi connectivity index (χ0n) is 15.2. The Morgan fingerprint density at radius 1 is 0.852 bits per heavy atom. The highest BCUT2D eigenvalue weighted by Crippen LogP contribution is 2.35. The van der Waals surface area contributed by atoms with Crippen LogP contribution in [-0.2, 0) is 19.7 Å². The first kappa shape index (κ1) is 21.3. The molecule has 0 saturated carbocycles. The molecular weight excluding hydrogens is 426 g/mol. The molecule has 0 aliphatic heterocycles. The summed E-state index contributed by atoms with van der Waals surface area (Å²) < 4.78 is 12.6. The van der Waals surface area contributed by atoms with E-state index in [4.69, 9.17) is 9.47 Å². The van der Waals surface area contributed by atoms with Crippen LogP contribution in [0, 0.1) is 0 Å². The molecule has 0 aromatic heterocycles. The van der Waals surface area contributed by atoms with Crippen LogP contribution in [0.1, 0.15) is 16.7 Å². The molecule has 5 heteroatoms. The van der Waals surface area contributed by atoms with Gasteiger partial charge in [0, 0.05) is 23.1 Å². The van der Waals surface area contributed by atoms with Crippen LogP contribution >= 0.6 is 28.3 Å². The van der Waals surface area contributed by atoms with Gasteiger partial charge >= 0.3 is 0 Å². The van der Waals surface area contributed by atoms with Crippen molar-refractivity contribution in [1.82, 2.24) is 5.32 Å². The Morgan fingerprint density at radius 3 is 2.11 bits per heavy atom. The molecule has 0 atom stereocenters. The number of hydrogen-bond donors (Lipinski definition) is 1. The van der Waals surface area contributed by atoms with E-state index >= 15 is 0 Å². The molecule has 3 aromatic rings. The first-order valence-corrected chi connectivity index (χ1v) is 9.33. The Labute approximate surface area is 175 Å². The first-order valence-electron chi connectivity index (χ1n) is 8.54. The van der Waals surface area contributed by atoms with Crippen molar-refractivity contribution in [3.8, 4) is 11.5 Å². The Balaban J connectivity index is 0.00000261. The summed E-state index contributed by atoms with van der Waals surface area (Å²) in [6, 6.07) is 24.5. The highest BCUT2D eigenvalue weighted by Gasteiger charge is 2.13. The maximum atomic E-state index is 6.12. The van der Waals surface area contributed by atoms with Gasteiger partial charge in [-0.1, -0.05) is 76.6 Å². The lowest BCUT2D eigenvalue weighted by molar-refractivity contribution is 0.280. The third kappa shape index (κ3) is 6.28. The van der Waals surface area contributed by atoms with Gasteiger partial charge < -0.3 is 14.8 Å². The van der Waals surface area contributed by atoms with Crippen LogP contribution in [-0.4, -0.2) is 7.11 Å². The van der Waals surface area contributed by atoms with Gasteiger partial charge in [0.2, 0.25) is 0 Å². The molecule has 0 heterocycles. The molecule has 3 rings (SSSR count). The van der Waals surface area contributed by atoms with E-state index in [9.17, 15) is 0 Å². The molecule has 142 valence electrons. The van der Waals surface area contributed by atoms with Crippen molar-refractivity contribution < 1.29 is 9.47 Å². The fourth-order valence-corrected chi connectivity index (χ4v) is 3.22. The Hall–Kier alpha value is -2.01. The Morgan fingerprint density at radius 2 is 1.48 bits per heavy atom. The summed E-state index contributed by atoms with van der Waals surface area (Å²) in [4.78, 5) is 0. The molecule has 0 aliphatic rings. The lowest BCUT2D eigenvalue weighted by atomic mass is 10.1.